The van der Waals surface area contributed by atoms with Gasteiger partial charge in [-0.1, -0.05) is 51.1 Å². The molecule has 0 saturated carbocycles. The van der Waals surface area contributed by atoms with Crippen LogP contribution in [-0.4, -0.2) is 33.9 Å². The predicted octanol–water partition coefficient (Wildman–Crippen LogP) is 2.76. The summed E-state index contributed by atoms with van der Waals surface area (Å²) in [5.74, 6) is -0.100. The molecule has 2 aromatic rings. The van der Waals surface area contributed by atoms with Crippen LogP contribution >= 0.6 is 0 Å². The van der Waals surface area contributed by atoms with E-state index >= 15 is 0 Å². The number of nitrogens with zero attached hydrogens (tertiary/aromatic N) is 2. The van der Waals surface area contributed by atoms with Crippen molar-refractivity contribution in [3.8, 4) is 0 Å². The summed E-state index contributed by atoms with van der Waals surface area (Å²) in [5.41, 5.74) is 1.17. The minimum Gasteiger partial charge on any atom is -0.352 e. The van der Waals surface area contributed by atoms with Crippen LogP contribution in [0.2, 0.25) is 0 Å². The Balaban J connectivity index is 2.13. The summed E-state index contributed by atoms with van der Waals surface area (Å²) < 4.78 is 0. The van der Waals surface area contributed by atoms with Crippen LogP contribution in [0, 0.1) is 5.92 Å². The second kappa shape index (κ2) is 10.4. The zero-order chi connectivity index (χ0) is 19.6. The molecule has 0 bridgehead atoms. The molecule has 2 N–H and O–H groups in total. The van der Waals surface area contributed by atoms with E-state index < -0.39 is 11.9 Å². The molecule has 0 fully saturated rings. The SMILES string of the molecule is CCC(CC(C)C)NC(=O)C(Cc1ccccc1)NC(=O)c1cnccn1. The van der Waals surface area contributed by atoms with Crippen molar-refractivity contribution in [2.24, 2.45) is 5.92 Å². The number of aromatic nitrogens is 2. The highest BCUT2D eigenvalue weighted by Gasteiger charge is 2.24. The fraction of sp³-hybridized carbons (Fsp3) is 0.429. The highest BCUT2D eigenvalue weighted by Crippen LogP contribution is 2.10. The van der Waals surface area contributed by atoms with E-state index in [1.807, 2.05) is 30.3 Å². The molecule has 144 valence electrons. The van der Waals surface area contributed by atoms with Gasteiger partial charge in [-0.2, -0.15) is 0 Å². The van der Waals surface area contributed by atoms with Crippen LogP contribution in [0.4, 0.5) is 0 Å². The van der Waals surface area contributed by atoms with Gasteiger partial charge in [0.25, 0.3) is 5.91 Å². The number of amides is 2. The van der Waals surface area contributed by atoms with E-state index in [9.17, 15) is 9.59 Å². The number of benzene rings is 1. The molecule has 6 nitrogen and oxygen atoms in total. The normalized spacial score (nSPS) is 13.0. The van der Waals surface area contributed by atoms with Crippen molar-refractivity contribution in [2.75, 3.05) is 0 Å². The van der Waals surface area contributed by atoms with Gasteiger partial charge in [0.1, 0.15) is 11.7 Å². The highest BCUT2D eigenvalue weighted by molar-refractivity contribution is 5.96. The molecule has 2 unspecified atom stereocenters. The number of carbonyl (C=O) groups is 2. The largest absolute Gasteiger partial charge is 0.352 e. The lowest BCUT2D eigenvalue weighted by atomic mass is 10.00. The number of carbonyl (C=O) groups excluding carboxylic acids is 2. The molecule has 2 rings (SSSR count). The predicted molar refractivity (Wildman–Crippen MR) is 105 cm³/mol. The van der Waals surface area contributed by atoms with Crippen LogP contribution in [0.1, 0.15) is 49.7 Å². The maximum absolute atomic E-state index is 12.9. The lowest BCUT2D eigenvalue weighted by molar-refractivity contribution is -0.123. The summed E-state index contributed by atoms with van der Waals surface area (Å²) >= 11 is 0. The van der Waals surface area contributed by atoms with E-state index in [0.717, 1.165) is 18.4 Å². The Bertz CT molecular complexity index is 719. The Morgan fingerprint density at radius 1 is 1.07 bits per heavy atom. The average Bonchev–Trinajstić information content (AvgIpc) is 2.68. The molecule has 0 aliphatic heterocycles. The molecule has 0 saturated heterocycles. The van der Waals surface area contributed by atoms with Crippen LogP contribution in [-0.2, 0) is 11.2 Å². The summed E-state index contributed by atoms with van der Waals surface area (Å²) in [6, 6.07) is 9.06. The molecule has 0 radical (unpaired) electrons. The van der Waals surface area contributed by atoms with Gasteiger partial charge in [0.05, 0.1) is 6.20 Å². The Labute approximate surface area is 160 Å². The quantitative estimate of drug-likeness (QED) is 0.713. The first kappa shape index (κ1) is 20.6. The first-order chi connectivity index (χ1) is 13.0. The number of hydrogen-bond donors (Lipinski definition) is 2. The van der Waals surface area contributed by atoms with Gasteiger partial charge in [-0.15, -0.1) is 0 Å². The minimum atomic E-state index is -0.678. The Morgan fingerprint density at radius 2 is 1.81 bits per heavy atom. The molecule has 1 heterocycles. The molecule has 6 heteroatoms. The number of rotatable bonds is 9. The molecule has 0 aliphatic rings. The van der Waals surface area contributed by atoms with Crippen LogP contribution in [0.3, 0.4) is 0 Å². The molecule has 0 aliphatic carbocycles. The van der Waals surface area contributed by atoms with Crippen molar-refractivity contribution >= 4 is 11.8 Å². The lowest BCUT2D eigenvalue weighted by Gasteiger charge is -2.24. The van der Waals surface area contributed by atoms with Crippen LogP contribution in [0.25, 0.3) is 0 Å². The van der Waals surface area contributed by atoms with Crippen molar-refractivity contribution in [3.63, 3.8) is 0 Å². The van der Waals surface area contributed by atoms with Crippen molar-refractivity contribution in [1.29, 1.82) is 0 Å². The topological polar surface area (TPSA) is 84.0 Å². The Kier molecular flexibility index (Phi) is 7.92. The Morgan fingerprint density at radius 3 is 2.41 bits per heavy atom. The third-order valence-corrected chi connectivity index (χ3v) is 4.30. The van der Waals surface area contributed by atoms with Crippen molar-refractivity contribution in [2.45, 2.75) is 52.1 Å². The fourth-order valence-corrected chi connectivity index (χ4v) is 2.91. The van der Waals surface area contributed by atoms with E-state index in [0.29, 0.717) is 12.3 Å². The lowest BCUT2D eigenvalue weighted by Crippen LogP contribution is -2.51. The average molecular weight is 368 g/mol. The monoisotopic (exact) mass is 368 g/mol. The van der Waals surface area contributed by atoms with Crippen LogP contribution < -0.4 is 10.6 Å². The van der Waals surface area contributed by atoms with Gasteiger partial charge in [0, 0.05) is 24.9 Å². The molecule has 1 aromatic carbocycles. The first-order valence-corrected chi connectivity index (χ1v) is 9.40. The van der Waals surface area contributed by atoms with Gasteiger partial charge in [0.15, 0.2) is 0 Å². The standard InChI is InChI=1S/C21H28N4O2/c1-4-17(12-15(2)3)24-20(26)18(13-16-8-6-5-7-9-16)25-21(27)19-14-22-10-11-23-19/h5-11,14-15,17-18H,4,12-13H2,1-3H3,(H,24,26)(H,25,27). The van der Waals surface area contributed by atoms with Crippen molar-refractivity contribution < 1.29 is 9.59 Å². The zero-order valence-corrected chi connectivity index (χ0v) is 16.2. The second-order valence-electron chi connectivity index (χ2n) is 7.05. The number of nitrogens with one attached hydrogen (secondary N) is 2. The molecule has 27 heavy (non-hydrogen) atoms. The van der Waals surface area contributed by atoms with Gasteiger partial charge in [-0.05, 0) is 24.3 Å². The minimum absolute atomic E-state index is 0.0872. The maximum Gasteiger partial charge on any atom is 0.272 e. The Hall–Kier alpha value is -2.76. The van der Waals surface area contributed by atoms with E-state index in [4.69, 9.17) is 0 Å². The zero-order valence-electron chi connectivity index (χ0n) is 16.2. The van der Waals surface area contributed by atoms with Crippen LogP contribution in [0.15, 0.2) is 48.9 Å². The van der Waals surface area contributed by atoms with E-state index in [-0.39, 0.29) is 17.6 Å². The fourth-order valence-electron chi connectivity index (χ4n) is 2.91. The van der Waals surface area contributed by atoms with E-state index in [1.54, 1.807) is 0 Å². The van der Waals surface area contributed by atoms with Gasteiger partial charge in [-0.25, -0.2) is 4.98 Å². The summed E-state index contributed by atoms with van der Waals surface area (Å²) in [7, 11) is 0. The molecule has 1 aromatic heterocycles. The summed E-state index contributed by atoms with van der Waals surface area (Å²) in [6.45, 7) is 6.32. The van der Waals surface area contributed by atoms with Crippen molar-refractivity contribution in [1.82, 2.24) is 20.6 Å². The molecule has 2 atom stereocenters. The van der Waals surface area contributed by atoms with E-state index in [2.05, 4.69) is 41.4 Å². The van der Waals surface area contributed by atoms with Crippen molar-refractivity contribution in [3.05, 3.63) is 60.2 Å². The number of hydrogen-bond acceptors (Lipinski definition) is 4. The highest BCUT2D eigenvalue weighted by atomic mass is 16.2. The smallest absolute Gasteiger partial charge is 0.272 e. The summed E-state index contributed by atoms with van der Waals surface area (Å²) in [4.78, 5) is 33.3. The summed E-state index contributed by atoms with van der Waals surface area (Å²) in [6.07, 6.45) is 6.51. The van der Waals surface area contributed by atoms with E-state index in [1.165, 1.54) is 18.6 Å². The van der Waals surface area contributed by atoms with Crippen LogP contribution in [0.5, 0.6) is 0 Å². The van der Waals surface area contributed by atoms with Gasteiger partial charge < -0.3 is 10.6 Å². The third-order valence-electron chi connectivity index (χ3n) is 4.30. The van der Waals surface area contributed by atoms with Gasteiger partial charge >= 0.3 is 0 Å². The first-order valence-electron chi connectivity index (χ1n) is 9.40. The third kappa shape index (κ3) is 6.81. The molecule has 0 spiro atoms. The molecule has 2 amide bonds. The summed E-state index contributed by atoms with van der Waals surface area (Å²) in [5, 5.41) is 5.90. The van der Waals surface area contributed by atoms with Gasteiger partial charge in [0.2, 0.25) is 5.91 Å². The van der Waals surface area contributed by atoms with Gasteiger partial charge in [-0.3, -0.25) is 14.6 Å². The second-order valence-corrected chi connectivity index (χ2v) is 7.05. The molecular formula is C21H28N4O2. The maximum atomic E-state index is 12.9. The molecular weight excluding hydrogens is 340 g/mol.